The van der Waals surface area contributed by atoms with Crippen LogP contribution in [0.15, 0.2) is 28.7 Å². The number of halogens is 1. The van der Waals surface area contributed by atoms with Gasteiger partial charge in [0.05, 0.1) is 0 Å². The summed E-state index contributed by atoms with van der Waals surface area (Å²) in [5, 5.41) is 8.67. The quantitative estimate of drug-likeness (QED) is 0.859. The second-order valence-corrected chi connectivity index (χ2v) is 5.34. The Hall–Kier alpha value is -1.69. The molecule has 0 spiro atoms. The zero-order valence-corrected chi connectivity index (χ0v) is 11.6. The van der Waals surface area contributed by atoms with E-state index in [1.54, 1.807) is 0 Å². The molecule has 0 aromatic heterocycles. The van der Waals surface area contributed by atoms with Gasteiger partial charge in [0.15, 0.2) is 0 Å². The summed E-state index contributed by atoms with van der Waals surface area (Å²) in [6.45, 7) is -0.553. The second-order valence-electron chi connectivity index (χ2n) is 4.43. The SMILES string of the molecule is O=C(O)CN1C(=O)CC(c2cccc(Br)c2)CC1=O. The van der Waals surface area contributed by atoms with Crippen molar-refractivity contribution in [1.29, 1.82) is 0 Å². The molecule has 1 aliphatic heterocycles. The van der Waals surface area contributed by atoms with Gasteiger partial charge in [-0.05, 0) is 17.7 Å². The third kappa shape index (κ3) is 3.20. The Balaban J connectivity index is 2.15. The molecule has 0 saturated carbocycles. The summed E-state index contributed by atoms with van der Waals surface area (Å²) in [6, 6.07) is 7.45. The number of imide groups is 1. The molecule has 100 valence electrons. The molecule has 5 nitrogen and oxygen atoms in total. The van der Waals surface area contributed by atoms with Gasteiger partial charge in [-0.1, -0.05) is 28.1 Å². The van der Waals surface area contributed by atoms with Gasteiger partial charge >= 0.3 is 5.97 Å². The van der Waals surface area contributed by atoms with Crippen LogP contribution in [0.4, 0.5) is 0 Å². The molecule has 19 heavy (non-hydrogen) atoms. The molecule has 0 aliphatic carbocycles. The predicted octanol–water partition coefficient (Wildman–Crippen LogP) is 1.77. The Labute approximate surface area is 118 Å². The van der Waals surface area contributed by atoms with Crippen molar-refractivity contribution in [3.63, 3.8) is 0 Å². The van der Waals surface area contributed by atoms with Gasteiger partial charge in [-0.15, -0.1) is 0 Å². The fraction of sp³-hybridized carbons (Fsp3) is 0.308. The van der Waals surface area contributed by atoms with Gasteiger partial charge in [-0.25, -0.2) is 0 Å². The van der Waals surface area contributed by atoms with E-state index in [0.717, 1.165) is 14.9 Å². The smallest absolute Gasteiger partial charge is 0.323 e. The van der Waals surface area contributed by atoms with E-state index in [2.05, 4.69) is 15.9 Å². The van der Waals surface area contributed by atoms with Crippen LogP contribution in [-0.4, -0.2) is 34.3 Å². The summed E-state index contributed by atoms with van der Waals surface area (Å²) in [4.78, 5) is 35.1. The van der Waals surface area contributed by atoms with Gasteiger partial charge in [0.25, 0.3) is 0 Å². The van der Waals surface area contributed by atoms with Crippen molar-refractivity contribution >= 4 is 33.7 Å². The molecule has 0 unspecified atom stereocenters. The van der Waals surface area contributed by atoms with Crippen LogP contribution in [0.25, 0.3) is 0 Å². The standard InChI is InChI=1S/C13H12BrNO4/c14-10-3-1-2-8(4-10)9-5-11(16)15(7-13(18)19)12(17)6-9/h1-4,9H,5-7H2,(H,18,19). The Kier molecular flexibility index (Phi) is 3.99. The largest absolute Gasteiger partial charge is 0.480 e. The number of amides is 2. The van der Waals surface area contributed by atoms with Crippen LogP contribution >= 0.6 is 15.9 Å². The molecular weight excluding hydrogens is 314 g/mol. The van der Waals surface area contributed by atoms with E-state index in [0.29, 0.717) is 0 Å². The van der Waals surface area contributed by atoms with Crippen LogP contribution in [0.3, 0.4) is 0 Å². The van der Waals surface area contributed by atoms with Crippen LogP contribution in [0.2, 0.25) is 0 Å². The van der Waals surface area contributed by atoms with Gasteiger partial charge in [0.1, 0.15) is 6.54 Å². The average Bonchev–Trinajstić information content (AvgIpc) is 2.33. The summed E-state index contributed by atoms with van der Waals surface area (Å²) in [6.07, 6.45) is 0.324. The number of piperidine rings is 1. The molecule has 1 fully saturated rings. The molecule has 0 bridgehead atoms. The average molecular weight is 326 g/mol. The van der Waals surface area contributed by atoms with E-state index in [1.807, 2.05) is 24.3 Å². The van der Waals surface area contributed by atoms with Crippen molar-refractivity contribution in [1.82, 2.24) is 4.90 Å². The molecule has 2 amide bonds. The highest BCUT2D eigenvalue weighted by Crippen LogP contribution is 2.30. The molecular formula is C13H12BrNO4. The van der Waals surface area contributed by atoms with Crippen molar-refractivity contribution < 1.29 is 19.5 Å². The van der Waals surface area contributed by atoms with Crippen molar-refractivity contribution in [2.24, 2.45) is 0 Å². The van der Waals surface area contributed by atoms with Crippen molar-refractivity contribution in [2.75, 3.05) is 6.54 Å². The summed E-state index contributed by atoms with van der Waals surface area (Å²) in [5.41, 5.74) is 0.908. The minimum absolute atomic E-state index is 0.162. The summed E-state index contributed by atoms with van der Waals surface area (Å²) < 4.78 is 0.887. The highest BCUT2D eigenvalue weighted by atomic mass is 79.9. The third-order valence-electron chi connectivity index (χ3n) is 3.06. The number of likely N-dealkylation sites (tertiary alicyclic amines) is 1. The Morgan fingerprint density at radius 3 is 2.47 bits per heavy atom. The van der Waals surface area contributed by atoms with E-state index < -0.39 is 24.3 Å². The van der Waals surface area contributed by atoms with Gasteiger partial charge in [-0.2, -0.15) is 0 Å². The van der Waals surface area contributed by atoms with Gasteiger partial charge in [0, 0.05) is 23.2 Å². The molecule has 6 heteroatoms. The zero-order valence-electron chi connectivity index (χ0n) is 10.0. The number of rotatable bonds is 3. The summed E-state index contributed by atoms with van der Waals surface area (Å²) in [5.74, 6) is -2.21. The lowest BCUT2D eigenvalue weighted by Crippen LogP contribution is -2.45. The monoisotopic (exact) mass is 325 g/mol. The minimum atomic E-state index is -1.18. The topological polar surface area (TPSA) is 74.7 Å². The van der Waals surface area contributed by atoms with Crippen molar-refractivity contribution in [3.05, 3.63) is 34.3 Å². The Bertz CT molecular complexity index is 525. The fourth-order valence-corrected chi connectivity index (χ4v) is 2.58. The first kappa shape index (κ1) is 13.7. The van der Waals surface area contributed by atoms with E-state index >= 15 is 0 Å². The zero-order chi connectivity index (χ0) is 14.0. The summed E-state index contributed by atoms with van der Waals surface area (Å²) in [7, 11) is 0. The molecule has 2 rings (SSSR count). The number of carboxylic acid groups (broad SMARTS) is 1. The lowest BCUT2D eigenvalue weighted by molar-refractivity contribution is -0.155. The van der Waals surface area contributed by atoms with Gasteiger partial charge < -0.3 is 5.11 Å². The molecule has 0 atom stereocenters. The molecule has 1 aliphatic rings. The van der Waals surface area contributed by atoms with Crippen LogP contribution < -0.4 is 0 Å². The van der Waals surface area contributed by atoms with Crippen molar-refractivity contribution in [2.45, 2.75) is 18.8 Å². The first-order valence-electron chi connectivity index (χ1n) is 5.78. The number of aliphatic carboxylic acids is 1. The van der Waals surface area contributed by atoms with Crippen LogP contribution in [-0.2, 0) is 14.4 Å². The number of nitrogens with zero attached hydrogens (tertiary/aromatic N) is 1. The highest BCUT2D eigenvalue weighted by Gasteiger charge is 2.34. The minimum Gasteiger partial charge on any atom is -0.480 e. The molecule has 1 aromatic rings. The highest BCUT2D eigenvalue weighted by molar-refractivity contribution is 9.10. The molecule has 0 radical (unpaired) electrons. The first-order chi connectivity index (χ1) is 8.97. The van der Waals surface area contributed by atoms with Gasteiger partial charge in [0.2, 0.25) is 11.8 Å². The molecule has 1 heterocycles. The predicted molar refractivity (Wildman–Crippen MR) is 70.5 cm³/mol. The normalized spacial score (nSPS) is 16.8. The Morgan fingerprint density at radius 2 is 1.95 bits per heavy atom. The summed E-state index contributed by atoms with van der Waals surface area (Å²) >= 11 is 3.35. The fourth-order valence-electron chi connectivity index (χ4n) is 2.16. The maximum absolute atomic E-state index is 11.8. The van der Waals surface area contributed by atoms with E-state index in [4.69, 9.17) is 5.11 Å². The van der Waals surface area contributed by atoms with E-state index in [1.165, 1.54) is 0 Å². The first-order valence-corrected chi connectivity index (χ1v) is 6.57. The molecule has 1 aromatic carbocycles. The van der Waals surface area contributed by atoms with Crippen molar-refractivity contribution in [3.8, 4) is 0 Å². The lowest BCUT2D eigenvalue weighted by atomic mass is 9.88. The number of hydrogen-bond acceptors (Lipinski definition) is 3. The Morgan fingerprint density at radius 1 is 1.32 bits per heavy atom. The number of carbonyl (C=O) groups is 3. The van der Waals surface area contributed by atoms with Crippen LogP contribution in [0.1, 0.15) is 24.3 Å². The number of carbonyl (C=O) groups excluding carboxylic acids is 2. The second kappa shape index (κ2) is 5.52. The maximum atomic E-state index is 11.8. The lowest BCUT2D eigenvalue weighted by Gasteiger charge is -2.29. The molecule has 1 saturated heterocycles. The van der Waals surface area contributed by atoms with E-state index in [-0.39, 0.29) is 18.8 Å². The third-order valence-corrected chi connectivity index (χ3v) is 3.55. The van der Waals surface area contributed by atoms with Crippen LogP contribution in [0.5, 0.6) is 0 Å². The number of carboxylic acids is 1. The molecule has 1 N–H and O–H groups in total. The van der Waals surface area contributed by atoms with E-state index in [9.17, 15) is 14.4 Å². The van der Waals surface area contributed by atoms with Crippen LogP contribution in [0, 0.1) is 0 Å². The maximum Gasteiger partial charge on any atom is 0.323 e. The number of hydrogen-bond donors (Lipinski definition) is 1. The van der Waals surface area contributed by atoms with Gasteiger partial charge in [-0.3, -0.25) is 19.3 Å². The number of benzene rings is 1.